The van der Waals surface area contributed by atoms with E-state index in [2.05, 4.69) is 114 Å². The van der Waals surface area contributed by atoms with E-state index in [1.54, 1.807) is 0 Å². The van der Waals surface area contributed by atoms with Crippen molar-refractivity contribution >= 4 is 60.7 Å². The van der Waals surface area contributed by atoms with Gasteiger partial charge in [0.25, 0.3) is 0 Å². The maximum absolute atomic E-state index is 2.62. The predicted molar refractivity (Wildman–Crippen MR) is 144 cm³/mol. The lowest BCUT2D eigenvalue weighted by Crippen LogP contribution is -2.59. The number of hydrogen-bond acceptors (Lipinski definition) is 2. The summed E-state index contributed by atoms with van der Waals surface area (Å²) in [6, 6.07) is 40.3. The van der Waals surface area contributed by atoms with Crippen molar-refractivity contribution in [3.8, 4) is 22.3 Å². The minimum absolute atomic E-state index is 0.157. The normalized spacial score (nSPS) is 13.3. The van der Waals surface area contributed by atoms with E-state index in [1.807, 2.05) is 11.3 Å². The highest BCUT2D eigenvalue weighted by Gasteiger charge is 2.42. The molecule has 3 heteroatoms. The van der Waals surface area contributed by atoms with E-state index in [9.17, 15) is 0 Å². The highest BCUT2D eigenvalue weighted by Crippen LogP contribution is 2.51. The molecule has 0 atom stereocenters. The van der Waals surface area contributed by atoms with Crippen LogP contribution in [0.1, 0.15) is 0 Å². The predicted octanol–water partition coefficient (Wildman–Crippen LogP) is 6.96. The van der Waals surface area contributed by atoms with Crippen LogP contribution in [0.15, 0.2) is 109 Å². The molecule has 0 bridgehead atoms. The smallest absolute Gasteiger partial charge is 0.329 e. The average Bonchev–Trinajstić information content (AvgIpc) is 3.27. The maximum atomic E-state index is 2.62. The van der Waals surface area contributed by atoms with Gasteiger partial charge >= 0.3 is 6.85 Å². The summed E-state index contributed by atoms with van der Waals surface area (Å²) < 4.78 is 2.70. The van der Waals surface area contributed by atoms with Crippen LogP contribution in [0.3, 0.4) is 0 Å². The summed E-state index contributed by atoms with van der Waals surface area (Å²) in [7, 11) is 0. The number of nitrogens with zero attached hydrogens (tertiary/aromatic N) is 1. The van der Waals surface area contributed by atoms with E-state index in [1.165, 1.54) is 64.7 Å². The number of benzene rings is 5. The van der Waals surface area contributed by atoms with Crippen molar-refractivity contribution in [1.82, 2.24) is 0 Å². The lowest BCUT2D eigenvalue weighted by molar-refractivity contribution is 1.37. The molecule has 2 aliphatic heterocycles. The van der Waals surface area contributed by atoms with E-state index in [4.69, 9.17) is 0 Å². The number of para-hydroxylation sites is 1. The van der Waals surface area contributed by atoms with Crippen LogP contribution in [0.2, 0.25) is 0 Å². The zero-order valence-electron chi connectivity index (χ0n) is 17.8. The van der Waals surface area contributed by atoms with Gasteiger partial charge in [-0.2, -0.15) is 0 Å². The highest BCUT2D eigenvalue weighted by atomic mass is 32.1. The van der Waals surface area contributed by atoms with Crippen molar-refractivity contribution in [2.45, 2.75) is 0 Å². The van der Waals surface area contributed by atoms with Crippen LogP contribution < -0.4 is 15.7 Å². The topological polar surface area (TPSA) is 3.24 Å². The molecular weight excluding hydrogens is 417 g/mol. The van der Waals surface area contributed by atoms with Gasteiger partial charge in [-0.25, -0.2) is 0 Å². The Morgan fingerprint density at radius 3 is 1.97 bits per heavy atom. The molecule has 0 N–H and O–H groups in total. The summed E-state index contributed by atoms with van der Waals surface area (Å²) in [6.07, 6.45) is 0. The van der Waals surface area contributed by atoms with Crippen molar-refractivity contribution in [1.29, 1.82) is 0 Å². The number of hydrogen-bond donors (Lipinski definition) is 0. The molecule has 8 rings (SSSR count). The Balaban J connectivity index is 1.60. The van der Waals surface area contributed by atoms with Gasteiger partial charge in [0.1, 0.15) is 0 Å². The summed E-state index contributed by atoms with van der Waals surface area (Å²) in [5.74, 6) is 0. The Kier molecular flexibility index (Phi) is 3.42. The van der Waals surface area contributed by atoms with E-state index < -0.39 is 0 Å². The van der Waals surface area contributed by atoms with Crippen LogP contribution >= 0.6 is 11.3 Å². The van der Waals surface area contributed by atoms with Gasteiger partial charge in [-0.15, -0.1) is 11.3 Å². The second-order valence-corrected chi connectivity index (χ2v) is 9.98. The third-order valence-corrected chi connectivity index (χ3v) is 8.41. The highest BCUT2D eigenvalue weighted by molar-refractivity contribution is 7.26. The first-order valence-corrected chi connectivity index (χ1v) is 12.2. The molecule has 0 fully saturated rings. The minimum atomic E-state index is 0.157. The van der Waals surface area contributed by atoms with Crippen LogP contribution in [-0.4, -0.2) is 6.85 Å². The molecule has 152 valence electrons. The number of rotatable bonds is 0. The van der Waals surface area contributed by atoms with Crippen LogP contribution in [0.5, 0.6) is 0 Å². The fourth-order valence-electron chi connectivity index (χ4n) is 5.97. The van der Waals surface area contributed by atoms with E-state index >= 15 is 0 Å². The summed E-state index contributed by atoms with van der Waals surface area (Å²) in [5.41, 5.74) is 10.7. The largest absolute Gasteiger partial charge is 0.375 e. The van der Waals surface area contributed by atoms with Crippen LogP contribution in [-0.2, 0) is 0 Å². The maximum Gasteiger partial charge on any atom is 0.329 e. The van der Waals surface area contributed by atoms with Gasteiger partial charge in [0.05, 0.1) is 0 Å². The first kappa shape index (κ1) is 17.7. The summed E-state index contributed by atoms with van der Waals surface area (Å²) in [4.78, 5) is 2.62. The van der Waals surface area contributed by atoms with E-state index in [0.29, 0.717) is 0 Å². The first-order chi connectivity index (χ1) is 16.4. The molecule has 0 saturated heterocycles. The molecule has 0 unspecified atom stereocenters. The van der Waals surface area contributed by atoms with Crippen molar-refractivity contribution in [3.05, 3.63) is 109 Å². The standard InChI is InChI=1S/C30H18BNS/c1-5-13-24-19(9-1)21-11-3-7-15-26(21)32-30-22(20-10-2-6-14-25(20)31(24)32)17-18-28-29(30)23-12-4-8-16-27(23)33-28/h1-18H. The first-order valence-electron chi connectivity index (χ1n) is 11.4. The minimum Gasteiger partial charge on any atom is -0.375 e. The van der Waals surface area contributed by atoms with Gasteiger partial charge in [0.15, 0.2) is 0 Å². The third-order valence-electron chi connectivity index (χ3n) is 7.27. The molecule has 3 heterocycles. The van der Waals surface area contributed by atoms with Gasteiger partial charge in [-0.3, -0.25) is 0 Å². The zero-order valence-corrected chi connectivity index (χ0v) is 18.6. The molecule has 1 aromatic heterocycles. The monoisotopic (exact) mass is 435 g/mol. The van der Waals surface area contributed by atoms with E-state index in [0.717, 1.165) is 0 Å². The molecule has 0 radical (unpaired) electrons. The van der Waals surface area contributed by atoms with Crippen molar-refractivity contribution in [3.63, 3.8) is 0 Å². The van der Waals surface area contributed by atoms with Crippen molar-refractivity contribution < 1.29 is 0 Å². The lowest BCUT2D eigenvalue weighted by Gasteiger charge is -2.43. The SMILES string of the molecule is c1ccc2c(c1)B1c3ccccc3-c3ccc4sc5ccccc5c4c3N1c1ccccc1-2. The molecule has 0 aliphatic carbocycles. The Bertz CT molecular complexity index is 1750. The Hall–Kier alpha value is -3.82. The van der Waals surface area contributed by atoms with E-state index in [-0.39, 0.29) is 6.85 Å². The molecule has 6 aromatic rings. The molecular formula is C30H18BNS. The quantitative estimate of drug-likeness (QED) is 0.233. The van der Waals surface area contributed by atoms with Crippen LogP contribution in [0.4, 0.5) is 11.4 Å². The van der Waals surface area contributed by atoms with Gasteiger partial charge in [0, 0.05) is 42.7 Å². The molecule has 1 nitrogen and oxygen atoms in total. The lowest BCUT2D eigenvalue weighted by atomic mass is 9.43. The summed E-state index contributed by atoms with van der Waals surface area (Å²) >= 11 is 1.90. The van der Waals surface area contributed by atoms with Crippen molar-refractivity contribution in [2.24, 2.45) is 0 Å². The zero-order chi connectivity index (χ0) is 21.5. The summed E-state index contributed by atoms with van der Waals surface area (Å²) in [6.45, 7) is 0.157. The molecule has 0 spiro atoms. The van der Waals surface area contributed by atoms with Gasteiger partial charge in [-0.1, -0.05) is 91.0 Å². The molecule has 0 amide bonds. The molecule has 33 heavy (non-hydrogen) atoms. The van der Waals surface area contributed by atoms with Gasteiger partial charge in [0.2, 0.25) is 0 Å². The second-order valence-electron chi connectivity index (χ2n) is 8.90. The molecule has 5 aromatic carbocycles. The third kappa shape index (κ3) is 2.23. The number of fused-ring (bicyclic) bond motifs is 15. The number of thiophene rings is 1. The average molecular weight is 435 g/mol. The molecule has 0 saturated carbocycles. The summed E-state index contributed by atoms with van der Waals surface area (Å²) in [5, 5.41) is 2.73. The Labute approximate surface area is 196 Å². The van der Waals surface area contributed by atoms with Gasteiger partial charge < -0.3 is 4.81 Å². The second kappa shape index (κ2) is 6.37. The fraction of sp³-hybridized carbons (Fsp3) is 0. The Morgan fingerprint density at radius 1 is 0.515 bits per heavy atom. The Morgan fingerprint density at radius 2 is 1.15 bits per heavy atom. The van der Waals surface area contributed by atoms with Gasteiger partial charge in [-0.05, 0) is 40.3 Å². The van der Waals surface area contributed by atoms with Crippen LogP contribution in [0.25, 0.3) is 42.4 Å². The van der Waals surface area contributed by atoms with Crippen molar-refractivity contribution in [2.75, 3.05) is 4.81 Å². The van der Waals surface area contributed by atoms with Crippen LogP contribution in [0, 0.1) is 0 Å². The fourth-order valence-corrected chi connectivity index (χ4v) is 7.08. The molecule has 2 aliphatic rings. The number of anilines is 2.